The maximum Gasteiger partial charge on any atom is 0.228 e. The molecule has 1 saturated heterocycles. The van der Waals surface area contributed by atoms with Gasteiger partial charge in [-0.2, -0.15) is 0 Å². The largest absolute Gasteiger partial charge is 0.324 e. The van der Waals surface area contributed by atoms with Crippen molar-refractivity contribution in [1.29, 1.82) is 0 Å². The molecular weight excluding hydrogens is 292 g/mol. The zero-order valence-electron chi connectivity index (χ0n) is 11.3. The summed E-state index contributed by atoms with van der Waals surface area (Å²) in [5.74, 6) is -0.0375. The fourth-order valence-electron chi connectivity index (χ4n) is 2.34. The molecule has 1 aromatic carbocycles. The second-order valence-electron chi connectivity index (χ2n) is 4.95. The first-order valence-electron chi connectivity index (χ1n) is 6.78. The number of hydrogen-bond acceptors (Lipinski definition) is 5. The van der Waals surface area contributed by atoms with Crippen molar-refractivity contribution in [3.05, 3.63) is 29.5 Å². The van der Waals surface area contributed by atoms with Crippen LogP contribution >= 0.6 is 11.6 Å². The predicted molar refractivity (Wildman–Crippen MR) is 78.4 cm³/mol. The molecule has 1 aliphatic rings. The second-order valence-corrected chi connectivity index (χ2v) is 5.36. The van der Waals surface area contributed by atoms with Crippen LogP contribution in [-0.2, 0) is 4.79 Å². The van der Waals surface area contributed by atoms with Gasteiger partial charge in [0.15, 0.2) is 0 Å². The molecule has 1 fully saturated rings. The van der Waals surface area contributed by atoms with Crippen LogP contribution in [0.1, 0.15) is 12.8 Å². The molecule has 0 saturated carbocycles. The van der Waals surface area contributed by atoms with Crippen molar-refractivity contribution in [1.82, 2.24) is 25.5 Å². The molecule has 21 heavy (non-hydrogen) atoms. The Labute approximate surface area is 126 Å². The molecule has 1 aliphatic heterocycles. The van der Waals surface area contributed by atoms with Crippen molar-refractivity contribution < 1.29 is 4.79 Å². The van der Waals surface area contributed by atoms with Gasteiger partial charge in [-0.25, -0.2) is 4.68 Å². The number of rotatable bonds is 3. The van der Waals surface area contributed by atoms with Gasteiger partial charge in [0.1, 0.15) is 6.33 Å². The zero-order valence-corrected chi connectivity index (χ0v) is 12.0. The lowest BCUT2D eigenvalue weighted by Crippen LogP contribution is -2.37. The van der Waals surface area contributed by atoms with E-state index < -0.39 is 0 Å². The Morgan fingerprint density at radius 3 is 3.10 bits per heavy atom. The molecule has 110 valence electrons. The van der Waals surface area contributed by atoms with E-state index in [0.717, 1.165) is 25.1 Å². The number of nitrogens with zero attached hydrogens (tertiary/aromatic N) is 4. The summed E-state index contributed by atoms with van der Waals surface area (Å²) in [4.78, 5) is 12.3. The Hall–Kier alpha value is -1.99. The van der Waals surface area contributed by atoms with Gasteiger partial charge < -0.3 is 10.6 Å². The molecule has 1 atom stereocenters. The highest BCUT2D eigenvalue weighted by Crippen LogP contribution is 2.25. The third kappa shape index (κ3) is 3.20. The molecule has 0 aliphatic carbocycles. The van der Waals surface area contributed by atoms with Crippen molar-refractivity contribution >= 4 is 23.2 Å². The normalized spacial score (nSPS) is 18.4. The minimum absolute atomic E-state index is 0.0158. The van der Waals surface area contributed by atoms with Crippen LogP contribution in [0.15, 0.2) is 24.5 Å². The van der Waals surface area contributed by atoms with Gasteiger partial charge in [-0.3, -0.25) is 4.79 Å². The summed E-state index contributed by atoms with van der Waals surface area (Å²) in [6.07, 6.45) is 3.39. The van der Waals surface area contributed by atoms with E-state index in [1.165, 1.54) is 11.0 Å². The van der Waals surface area contributed by atoms with E-state index in [0.29, 0.717) is 17.3 Å². The van der Waals surface area contributed by atoms with Crippen molar-refractivity contribution in [2.24, 2.45) is 5.92 Å². The number of hydrogen-bond donors (Lipinski definition) is 2. The molecule has 1 aromatic heterocycles. The Kier molecular flexibility index (Phi) is 4.12. The quantitative estimate of drug-likeness (QED) is 0.891. The molecule has 2 heterocycles. The Balaban J connectivity index is 1.78. The van der Waals surface area contributed by atoms with Crippen molar-refractivity contribution in [3.8, 4) is 5.69 Å². The average molecular weight is 307 g/mol. The maximum absolute atomic E-state index is 12.3. The number of carbonyl (C=O) groups excluding carboxylic acids is 1. The lowest BCUT2D eigenvalue weighted by Gasteiger charge is -2.22. The van der Waals surface area contributed by atoms with E-state index >= 15 is 0 Å². The van der Waals surface area contributed by atoms with Gasteiger partial charge in [-0.1, -0.05) is 11.6 Å². The Morgan fingerprint density at radius 2 is 2.38 bits per heavy atom. The van der Waals surface area contributed by atoms with Gasteiger partial charge in [0.05, 0.1) is 22.3 Å². The topological polar surface area (TPSA) is 84.7 Å². The number of aromatic nitrogens is 4. The molecule has 1 amide bonds. The number of tetrazole rings is 1. The first-order valence-corrected chi connectivity index (χ1v) is 7.16. The van der Waals surface area contributed by atoms with Crippen LogP contribution in [0.4, 0.5) is 5.69 Å². The number of carbonyl (C=O) groups is 1. The number of piperidine rings is 1. The minimum Gasteiger partial charge on any atom is -0.324 e. The fourth-order valence-corrected chi connectivity index (χ4v) is 2.51. The number of halogens is 1. The average Bonchev–Trinajstić information content (AvgIpc) is 3.04. The van der Waals surface area contributed by atoms with E-state index in [-0.39, 0.29) is 11.8 Å². The van der Waals surface area contributed by atoms with Crippen molar-refractivity contribution in [2.75, 3.05) is 18.4 Å². The van der Waals surface area contributed by atoms with Gasteiger partial charge in [0.2, 0.25) is 5.91 Å². The van der Waals surface area contributed by atoms with E-state index in [1.54, 1.807) is 18.2 Å². The first kappa shape index (κ1) is 14.0. The number of amides is 1. The van der Waals surface area contributed by atoms with Crippen LogP contribution in [0.3, 0.4) is 0 Å². The molecular formula is C13H15ClN6O. The molecule has 0 bridgehead atoms. The minimum atomic E-state index is -0.0218. The summed E-state index contributed by atoms with van der Waals surface area (Å²) in [6, 6.07) is 5.26. The van der Waals surface area contributed by atoms with Crippen LogP contribution < -0.4 is 10.6 Å². The van der Waals surface area contributed by atoms with Crippen LogP contribution in [0, 0.1) is 5.92 Å². The number of benzene rings is 1. The van der Waals surface area contributed by atoms with Crippen molar-refractivity contribution in [2.45, 2.75) is 12.8 Å². The summed E-state index contributed by atoms with van der Waals surface area (Å²) in [6.45, 7) is 1.68. The SMILES string of the molecule is O=C(Nc1cc(-n2cnnn2)ccc1Cl)[C@H]1CCCNC1. The highest BCUT2D eigenvalue weighted by Gasteiger charge is 2.21. The standard InChI is InChI=1S/C13H15ClN6O/c14-11-4-3-10(20-8-16-18-19-20)6-12(11)17-13(21)9-2-1-5-15-7-9/h3-4,6,8-9,15H,1-2,5,7H2,(H,17,21)/t9-/m0/s1. The van der Waals surface area contributed by atoms with Crippen LogP contribution in [-0.4, -0.2) is 39.2 Å². The molecule has 2 N–H and O–H groups in total. The summed E-state index contributed by atoms with van der Waals surface area (Å²) >= 11 is 6.15. The highest BCUT2D eigenvalue weighted by molar-refractivity contribution is 6.33. The molecule has 8 heteroatoms. The van der Waals surface area contributed by atoms with E-state index in [9.17, 15) is 4.79 Å². The summed E-state index contributed by atoms with van der Waals surface area (Å²) in [5, 5.41) is 17.6. The fraction of sp³-hybridized carbons (Fsp3) is 0.385. The number of nitrogens with one attached hydrogen (secondary N) is 2. The van der Waals surface area contributed by atoms with Gasteiger partial charge in [-0.15, -0.1) is 5.10 Å². The van der Waals surface area contributed by atoms with Gasteiger partial charge in [0.25, 0.3) is 0 Å². The lowest BCUT2D eigenvalue weighted by molar-refractivity contribution is -0.120. The summed E-state index contributed by atoms with van der Waals surface area (Å²) in [7, 11) is 0. The van der Waals surface area contributed by atoms with E-state index in [2.05, 4.69) is 26.2 Å². The number of anilines is 1. The van der Waals surface area contributed by atoms with E-state index in [1.807, 2.05) is 0 Å². The molecule has 7 nitrogen and oxygen atoms in total. The van der Waals surface area contributed by atoms with Crippen molar-refractivity contribution in [3.63, 3.8) is 0 Å². The van der Waals surface area contributed by atoms with Gasteiger partial charge in [0, 0.05) is 6.54 Å². The lowest BCUT2D eigenvalue weighted by atomic mass is 9.99. The molecule has 0 radical (unpaired) electrons. The van der Waals surface area contributed by atoms with Crippen LogP contribution in [0.25, 0.3) is 5.69 Å². The van der Waals surface area contributed by atoms with Gasteiger partial charge in [-0.05, 0) is 48.0 Å². The Morgan fingerprint density at radius 1 is 1.48 bits per heavy atom. The van der Waals surface area contributed by atoms with E-state index in [4.69, 9.17) is 11.6 Å². The molecule has 0 spiro atoms. The smallest absolute Gasteiger partial charge is 0.228 e. The Bertz CT molecular complexity index is 624. The monoisotopic (exact) mass is 306 g/mol. The third-order valence-electron chi connectivity index (χ3n) is 3.49. The van der Waals surface area contributed by atoms with Crippen LogP contribution in [0.5, 0.6) is 0 Å². The highest BCUT2D eigenvalue weighted by atomic mass is 35.5. The molecule has 0 unspecified atom stereocenters. The van der Waals surface area contributed by atoms with Gasteiger partial charge >= 0.3 is 0 Å². The summed E-state index contributed by atoms with van der Waals surface area (Å²) in [5.41, 5.74) is 1.31. The summed E-state index contributed by atoms with van der Waals surface area (Å²) < 4.78 is 1.51. The molecule has 3 rings (SSSR count). The first-order chi connectivity index (χ1) is 10.2. The maximum atomic E-state index is 12.3. The second kappa shape index (κ2) is 6.19. The zero-order chi connectivity index (χ0) is 14.7. The predicted octanol–water partition coefficient (Wildman–Crippen LogP) is 1.25. The molecule has 2 aromatic rings. The van der Waals surface area contributed by atoms with Crippen LogP contribution in [0.2, 0.25) is 5.02 Å². The third-order valence-corrected chi connectivity index (χ3v) is 3.82.